The minimum atomic E-state index is -0.552. The highest BCUT2D eigenvalue weighted by Gasteiger charge is 2.10. The fourth-order valence-electron chi connectivity index (χ4n) is 1.27. The summed E-state index contributed by atoms with van der Waals surface area (Å²) in [6.45, 7) is 0. The number of hydrogen-bond acceptors (Lipinski definition) is 4. The van der Waals surface area contributed by atoms with E-state index in [2.05, 4.69) is 31.3 Å². The van der Waals surface area contributed by atoms with Crippen LogP contribution < -0.4 is 0 Å². The molecular formula is C10H9IN2OS. The maximum Gasteiger partial charge on any atom is 0.103 e. The molecule has 0 spiro atoms. The molecule has 0 saturated heterocycles. The summed E-state index contributed by atoms with van der Waals surface area (Å²) in [5, 5.41) is 9.83. The average Bonchev–Trinajstić information content (AvgIpc) is 2.74. The fraction of sp³-hybridized carbons (Fsp3) is 0.200. The first kappa shape index (κ1) is 11.0. The Morgan fingerprint density at radius 1 is 1.33 bits per heavy atom. The third kappa shape index (κ3) is 2.96. The molecule has 1 aromatic heterocycles. The molecule has 2 rings (SSSR count). The zero-order valence-corrected chi connectivity index (χ0v) is 10.8. The first-order valence-electron chi connectivity index (χ1n) is 4.45. The van der Waals surface area contributed by atoms with Gasteiger partial charge >= 0.3 is 0 Å². The minimum absolute atomic E-state index is 0.552. The second-order valence-corrected chi connectivity index (χ2v) is 4.98. The van der Waals surface area contributed by atoms with Gasteiger partial charge < -0.3 is 5.11 Å². The molecule has 0 bridgehead atoms. The molecule has 0 aliphatic rings. The SMILES string of the molecule is OC(Cc1ccc(I)cc1)c1cnsn1. The van der Waals surface area contributed by atoms with Crippen LogP contribution in [0.15, 0.2) is 30.5 Å². The number of benzene rings is 1. The highest BCUT2D eigenvalue weighted by Crippen LogP contribution is 2.17. The van der Waals surface area contributed by atoms with Gasteiger partial charge in [-0.2, -0.15) is 8.75 Å². The third-order valence-electron chi connectivity index (χ3n) is 2.06. The summed E-state index contributed by atoms with van der Waals surface area (Å²) in [7, 11) is 0. The predicted molar refractivity (Wildman–Crippen MR) is 67.7 cm³/mol. The molecule has 1 N–H and O–H groups in total. The maximum atomic E-state index is 9.83. The Morgan fingerprint density at radius 2 is 2.07 bits per heavy atom. The molecule has 0 amide bonds. The van der Waals surface area contributed by atoms with Crippen molar-refractivity contribution in [2.24, 2.45) is 0 Å². The molecule has 1 atom stereocenters. The first-order chi connectivity index (χ1) is 7.25. The van der Waals surface area contributed by atoms with E-state index in [1.165, 1.54) is 3.57 Å². The van der Waals surface area contributed by atoms with Crippen LogP contribution in [0.5, 0.6) is 0 Å². The molecule has 0 saturated carbocycles. The molecule has 78 valence electrons. The highest BCUT2D eigenvalue weighted by molar-refractivity contribution is 14.1. The third-order valence-corrected chi connectivity index (χ3v) is 3.27. The maximum absolute atomic E-state index is 9.83. The molecule has 5 heteroatoms. The van der Waals surface area contributed by atoms with Gasteiger partial charge in [0.2, 0.25) is 0 Å². The van der Waals surface area contributed by atoms with Crippen LogP contribution in [0.3, 0.4) is 0 Å². The average molecular weight is 332 g/mol. The molecule has 0 fully saturated rings. The van der Waals surface area contributed by atoms with Crippen molar-refractivity contribution in [3.63, 3.8) is 0 Å². The van der Waals surface area contributed by atoms with Crippen molar-refractivity contribution in [2.75, 3.05) is 0 Å². The van der Waals surface area contributed by atoms with E-state index in [1.807, 2.05) is 24.3 Å². The van der Waals surface area contributed by atoms with Crippen molar-refractivity contribution in [1.82, 2.24) is 8.75 Å². The number of hydrogen-bond donors (Lipinski definition) is 1. The monoisotopic (exact) mass is 332 g/mol. The number of aliphatic hydroxyl groups excluding tert-OH is 1. The predicted octanol–water partition coefficient (Wildman–Crippen LogP) is 2.42. The van der Waals surface area contributed by atoms with Gasteiger partial charge in [0, 0.05) is 9.99 Å². The van der Waals surface area contributed by atoms with E-state index in [9.17, 15) is 5.11 Å². The lowest BCUT2D eigenvalue weighted by atomic mass is 10.1. The summed E-state index contributed by atoms with van der Waals surface area (Å²) in [5.41, 5.74) is 1.76. The van der Waals surface area contributed by atoms with E-state index in [-0.39, 0.29) is 0 Å². The minimum Gasteiger partial charge on any atom is -0.386 e. The van der Waals surface area contributed by atoms with Crippen LogP contribution >= 0.6 is 34.3 Å². The van der Waals surface area contributed by atoms with Crippen molar-refractivity contribution in [2.45, 2.75) is 12.5 Å². The summed E-state index contributed by atoms with van der Waals surface area (Å²) in [6.07, 6.45) is 1.65. The number of halogens is 1. The summed E-state index contributed by atoms with van der Waals surface area (Å²) in [6, 6.07) is 8.10. The topological polar surface area (TPSA) is 46.0 Å². The molecule has 15 heavy (non-hydrogen) atoms. The molecule has 1 unspecified atom stereocenters. The highest BCUT2D eigenvalue weighted by atomic mass is 127. The van der Waals surface area contributed by atoms with Gasteiger partial charge in [0.1, 0.15) is 11.8 Å². The molecular weight excluding hydrogens is 323 g/mol. The van der Waals surface area contributed by atoms with Crippen LogP contribution in [0.2, 0.25) is 0 Å². The second kappa shape index (κ2) is 5.00. The van der Waals surface area contributed by atoms with Gasteiger partial charge in [-0.05, 0) is 40.3 Å². The molecule has 1 heterocycles. The van der Waals surface area contributed by atoms with Crippen molar-refractivity contribution >= 4 is 34.3 Å². The summed E-state index contributed by atoms with van der Waals surface area (Å²) in [4.78, 5) is 0. The lowest BCUT2D eigenvalue weighted by Gasteiger charge is -2.06. The smallest absolute Gasteiger partial charge is 0.103 e. The van der Waals surface area contributed by atoms with Crippen LogP contribution in [-0.2, 0) is 6.42 Å². The molecule has 3 nitrogen and oxygen atoms in total. The molecule has 0 aliphatic carbocycles. The second-order valence-electron chi connectivity index (χ2n) is 3.18. The Balaban J connectivity index is 2.06. The summed E-state index contributed by atoms with van der Waals surface area (Å²) < 4.78 is 9.07. The normalized spacial score (nSPS) is 12.7. The lowest BCUT2D eigenvalue weighted by Crippen LogP contribution is -2.01. The van der Waals surface area contributed by atoms with Crippen LogP contribution in [-0.4, -0.2) is 13.9 Å². The Morgan fingerprint density at radius 3 is 2.67 bits per heavy atom. The summed E-state index contributed by atoms with van der Waals surface area (Å²) >= 11 is 3.38. The van der Waals surface area contributed by atoms with E-state index in [0.29, 0.717) is 12.1 Å². The van der Waals surface area contributed by atoms with Gasteiger partial charge in [0.05, 0.1) is 17.9 Å². The van der Waals surface area contributed by atoms with Crippen LogP contribution in [0, 0.1) is 3.57 Å². The molecule has 0 radical (unpaired) electrons. The zero-order valence-electron chi connectivity index (χ0n) is 7.80. The van der Waals surface area contributed by atoms with Crippen molar-refractivity contribution in [3.05, 3.63) is 45.3 Å². The van der Waals surface area contributed by atoms with Gasteiger partial charge in [0.15, 0.2) is 0 Å². The Labute approximate surface area is 106 Å². The number of aromatic nitrogens is 2. The Bertz CT molecular complexity index is 415. The van der Waals surface area contributed by atoms with Crippen LogP contribution in [0.4, 0.5) is 0 Å². The van der Waals surface area contributed by atoms with E-state index < -0.39 is 6.10 Å². The zero-order chi connectivity index (χ0) is 10.7. The molecule has 1 aromatic carbocycles. The van der Waals surface area contributed by atoms with Gasteiger partial charge in [-0.25, -0.2) is 0 Å². The van der Waals surface area contributed by atoms with Gasteiger partial charge in [-0.1, -0.05) is 12.1 Å². The van der Waals surface area contributed by atoms with E-state index in [4.69, 9.17) is 0 Å². The van der Waals surface area contributed by atoms with Gasteiger partial charge in [-0.3, -0.25) is 0 Å². The standard InChI is InChI=1S/C10H9IN2OS/c11-8-3-1-7(2-4-8)5-10(14)9-6-12-15-13-9/h1-4,6,10,14H,5H2. The quantitative estimate of drug-likeness (QED) is 0.878. The Hall–Kier alpha value is -0.530. The fourth-order valence-corrected chi connectivity index (χ4v) is 2.09. The number of nitrogens with zero attached hydrogens (tertiary/aromatic N) is 2. The van der Waals surface area contributed by atoms with Gasteiger partial charge in [0.25, 0.3) is 0 Å². The Kier molecular flexibility index (Phi) is 3.66. The van der Waals surface area contributed by atoms with Crippen molar-refractivity contribution in [3.8, 4) is 0 Å². The summed E-state index contributed by atoms with van der Waals surface area (Å²) in [5.74, 6) is 0. The number of rotatable bonds is 3. The lowest BCUT2D eigenvalue weighted by molar-refractivity contribution is 0.174. The van der Waals surface area contributed by atoms with Crippen LogP contribution in [0.1, 0.15) is 17.4 Å². The first-order valence-corrected chi connectivity index (χ1v) is 6.26. The van der Waals surface area contributed by atoms with Gasteiger partial charge in [-0.15, -0.1) is 0 Å². The number of aliphatic hydroxyl groups is 1. The van der Waals surface area contributed by atoms with E-state index in [1.54, 1.807) is 6.20 Å². The van der Waals surface area contributed by atoms with Crippen molar-refractivity contribution in [1.29, 1.82) is 0 Å². The van der Waals surface area contributed by atoms with Crippen LogP contribution in [0.25, 0.3) is 0 Å². The molecule has 0 aliphatic heterocycles. The largest absolute Gasteiger partial charge is 0.386 e. The van der Waals surface area contributed by atoms with E-state index in [0.717, 1.165) is 17.3 Å². The van der Waals surface area contributed by atoms with E-state index >= 15 is 0 Å². The molecule has 2 aromatic rings. The van der Waals surface area contributed by atoms with Crippen molar-refractivity contribution < 1.29 is 5.11 Å².